The molecule has 1 atom stereocenters. The highest BCUT2D eigenvalue weighted by Crippen LogP contribution is 2.31. The molecule has 1 aliphatic heterocycles. The van der Waals surface area contributed by atoms with Crippen LogP contribution in [0.3, 0.4) is 0 Å². The van der Waals surface area contributed by atoms with Crippen LogP contribution in [-0.2, 0) is 9.53 Å². The van der Waals surface area contributed by atoms with E-state index in [2.05, 4.69) is 37.0 Å². The normalized spacial score (nSPS) is 18.8. The largest absolute Gasteiger partial charge is 0.465 e. The number of hydrogen-bond acceptors (Lipinski definition) is 4. The van der Waals surface area contributed by atoms with Gasteiger partial charge in [0.15, 0.2) is 0 Å². The Bertz CT molecular complexity index is 654. The number of aromatic nitrogens is 1. The highest BCUT2D eigenvalue weighted by molar-refractivity contribution is 8.00. The second kappa shape index (κ2) is 4.85. The molecule has 4 heteroatoms. The minimum Gasteiger partial charge on any atom is -0.465 e. The Morgan fingerprint density at radius 3 is 2.89 bits per heavy atom. The first kappa shape index (κ1) is 12.5. The van der Waals surface area contributed by atoms with Crippen LogP contribution < -0.4 is 0 Å². The molecule has 19 heavy (non-hydrogen) atoms. The van der Waals surface area contributed by atoms with Gasteiger partial charge in [0.05, 0.1) is 17.1 Å². The van der Waals surface area contributed by atoms with Crippen LogP contribution in [0.5, 0.6) is 0 Å². The second-order valence-corrected chi connectivity index (χ2v) is 6.03. The number of cyclic esters (lactones) is 1. The lowest BCUT2D eigenvalue weighted by Crippen LogP contribution is -2.09. The molecule has 1 aliphatic rings. The fourth-order valence-corrected chi connectivity index (χ4v) is 3.38. The van der Waals surface area contributed by atoms with Crippen LogP contribution in [0.25, 0.3) is 10.9 Å². The van der Waals surface area contributed by atoms with E-state index in [1.165, 1.54) is 22.7 Å². The van der Waals surface area contributed by atoms with Gasteiger partial charge in [0.2, 0.25) is 0 Å². The zero-order chi connectivity index (χ0) is 13.4. The molecule has 1 saturated heterocycles. The molecule has 0 aliphatic carbocycles. The van der Waals surface area contributed by atoms with Gasteiger partial charge < -0.3 is 4.74 Å². The fraction of sp³-hybridized carbons (Fsp3) is 0.333. The Labute approximate surface area is 116 Å². The van der Waals surface area contributed by atoms with Gasteiger partial charge in [-0.3, -0.25) is 4.79 Å². The lowest BCUT2D eigenvalue weighted by atomic mass is 10.1. The molecule has 3 rings (SSSR count). The Kier molecular flexibility index (Phi) is 3.19. The SMILES string of the molecule is Cc1cc(S[C@H]2CCOC2=O)nc2c(C)cccc12. The molecule has 0 N–H and O–H groups in total. The summed E-state index contributed by atoms with van der Waals surface area (Å²) in [5, 5.41) is 1.98. The van der Waals surface area contributed by atoms with Crippen molar-refractivity contribution in [3.8, 4) is 0 Å². The zero-order valence-electron chi connectivity index (χ0n) is 11.0. The monoisotopic (exact) mass is 273 g/mol. The minimum absolute atomic E-state index is 0.103. The van der Waals surface area contributed by atoms with Crippen LogP contribution in [-0.4, -0.2) is 22.8 Å². The average molecular weight is 273 g/mol. The maximum Gasteiger partial charge on any atom is 0.319 e. The van der Waals surface area contributed by atoms with Crippen LogP contribution in [0.1, 0.15) is 17.5 Å². The number of fused-ring (bicyclic) bond motifs is 1. The Morgan fingerprint density at radius 1 is 1.32 bits per heavy atom. The predicted molar refractivity (Wildman–Crippen MR) is 76.4 cm³/mol. The Balaban J connectivity index is 2.00. The van der Waals surface area contributed by atoms with E-state index in [4.69, 9.17) is 4.74 Å². The molecular formula is C15H15NO2S. The Morgan fingerprint density at radius 2 is 2.16 bits per heavy atom. The number of thioether (sulfide) groups is 1. The molecule has 0 spiro atoms. The van der Waals surface area contributed by atoms with Crippen LogP contribution in [0, 0.1) is 13.8 Å². The summed E-state index contributed by atoms with van der Waals surface area (Å²) in [6.45, 7) is 4.68. The van der Waals surface area contributed by atoms with E-state index in [0.717, 1.165) is 22.5 Å². The number of pyridine rings is 1. The van der Waals surface area contributed by atoms with Crippen molar-refractivity contribution in [1.29, 1.82) is 0 Å². The summed E-state index contributed by atoms with van der Waals surface area (Å²) in [4.78, 5) is 16.2. The zero-order valence-corrected chi connectivity index (χ0v) is 11.8. The van der Waals surface area contributed by atoms with Crippen LogP contribution >= 0.6 is 11.8 Å². The molecule has 1 fully saturated rings. The van der Waals surface area contributed by atoms with Gasteiger partial charge in [-0.25, -0.2) is 4.98 Å². The molecule has 0 bridgehead atoms. The lowest BCUT2D eigenvalue weighted by Gasteiger charge is -2.09. The number of ether oxygens (including phenoxy) is 1. The van der Waals surface area contributed by atoms with Crippen molar-refractivity contribution < 1.29 is 9.53 Å². The first-order valence-electron chi connectivity index (χ1n) is 6.35. The molecule has 1 aromatic carbocycles. The van der Waals surface area contributed by atoms with Crippen molar-refractivity contribution in [1.82, 2.24) is 4.98 Å². The molecule has 1 aromatic heterocycles. The molecular weight excluding hydrogens is 258 g/mol. The number of benzene rings is 1. The van der Waals surface area contributed by atoms with Gasteiger partial charge in [0.1, 0.15) is 5.25 Å². The maximum absolute atomic E-state index is 11.5. The minimum atomic E-state index is -0.116. The number of rotatable bonds is 2. The van der Waals surface area contributed by atoms with Crippen molar-refractivity contribution in [3.05, 3.63) is 35.4 Å². The summed E-state index contributed by atoms with van der Waals surface area (Å²) in [7, 11) is 0. The van der Waals surface area contributed by atoms with Crippen molar-refractivity contribution in [2.75, 3.05) is 6.61 Å². The number of carbonyl (C=O) groups excluding carboxylic acids is 1. The number of esters is 1. The first-order chi connectivity index (χ1) is 9.15. The smallest absolute Gasteiger partial charge is 0.319 e. The van der Waals surface area contributed by atoms with E-state index in [0.29, 0.717) is 6.61 Å². The number of carbonyl (C=O) groups is 1. The molecule has 2 heterocycles. The molecule has 0 unspecified atom stereocenters. The molecule has 2 aromatic rings. The van der Waals surface area contributed by atoms with Gasteiger partial charge in [-0.15, -0.1) is 0 Å². The summed E-state index contributed by atoms with van der Waals surface area (Å²) in [5.41, 5.74) is 3.39. The van der Waals surface area contributed by atoms with E-state index in [-0.39, 0.29) is 11.2 Å². The number of nitrogens with zero attached hydrogens (tertiary/aromatic N) is 1. The third-order valence-corrected chi connectivity index (χ3v) is 4.54. The summed E-state index contributed by atoms with van der Waals surface area (Å²) < 4.78 is 4.99. The van der Waals surface area contributed by atoms with E-state index < -0.39 is 0 Å². The number of para-hydroxylation sites is 1. The quantitative estimate of drug-likeness (QED) is 0.787. The molecule has 0 saturated carbocycles. The van der Waals surface area contributed by atoms with Gasteiger partial charge in [0, 0.05) is 11.8 Å². The summed E-state index contributed by atoms with van der Waals surface area (Å²) in [5.74, 6) is -0.116. The van der Waals surface area contributed by atoms with Crippen LogP contribution in [0.15, 0.2) is 29.3 Å². The lowest BCUT2D eigenvalue weighted by molar-refractivity contribution is -0.137. The van der Waals surface area contributed by atoms with Gasteiger partial charge in [-0.1, -0.05) is 30.0 Å². The summed E-state index contributed by atoms with van der Waals surface area (Å²) in [6, 6.07) is 8.25. The van der Waals surface area contributed by atoms with Crippen LogP contribution in [0.2, 0.25) is 0 Å². The third kappa shape index (κ3) is 2.32. The summed E-state index contributed by atoms with van der Waals surface area (Å²) >= 11 is 1.51. The Hall–Kier alpha value is -1.55. The van der Waals surface area contributed by atoms with Crippen molar-refractivity contribution in [2.45, 2.75) is 30.5 Å². The topological polar surface area (TPSA) is 39.2 Å². The van der Waals surface area contributed by atoms with Crippen molar-refractivity contribution in [2.24, 2.45) is 0 Å². The molecule has 3 nitrogen and oxygen atoms in total. The molecule has 0 radical (unpaired) electrons. The van der Waals surface area contributed by atoms with Gasteiger partial charge >= 0.3 is 5.97 Å². The number of aryl methyl sites for hydroxylation is 2. The van der Waals surface area contributed by atoms with Crippen molar-refractivity contribution >= 4 is 28.6 Å². The summed E-state index contributed by atoms with van der Waals surface area (Å²) in [6.07, 6.45) is 0.774. The molecule has 0 amide bonds. The van der Waals surface area contributed by atoms with E-state index in [1.807, 2.05) is 6.07 Å². The second-order valence-electron chi connectivity index (χ2n) is 4.81. The highest BCUT2D eigenvalue weighted by Gasteiger charge is 2.28. The van der Waals surface area contributed by atoms with E-state index >= 15 is 0 Å². The van der Waals surface area contributed by atoms with Crippen molar-refractivity contribution in [3.63, 3.8) is 0 Å². The highest BCUT2D eigenvalue weighted by atomic mass is 32.2. The van der Waals surface area contributed by atoms with E-state index in [1.54, 1.807) is 0 Å². The first-order valence-corrected chi connectivity index (χ1v) is 7.23. The third-order valence-electron chi connectivity index (χ3n) is 3.37. The van der Waals surface area contributed by atoms with Gasteiger partial charge in [-0.2, -0.15) is 0 Å². The maximum atomic E-state index is 11.5. The predicted octanol–water partition coefficient (Wildman–Crippen LogP) is 3.26. The van der Waals surface area contributed by atoms with E-state index in [9.17, 15) is 4.79 Å². The fourth-order valence-electron chi connectivity index (χ4n) is 2.32. The van der Waals surface area contributed by atoms with Gasteiger partial charge in [-0.05, 0) is 31.0 Å². The number of hydrogen-bond donors (Lipinski definition) is 0. The van der Waals surface area contributed by atoms with Gasteiger partial charge in [0.25, 0.3) is 0 Å². The molecule has 98 valence electrons. The van der Waals surface area contributed by atoms with Crippen LogP contribution in [0.4, 0.5) is 0 Å². The standard InChI is InChI=1S/C15H15NO2S/c1-9-4-3-5-11-10(2)8-13(16-14(9)11)19-12-6-7-18-15(12)17/h3-5,8,12H,6-7H2,1-2H3/t12-/m0/s1. The average Bonchev–Trinajstić information content (AvgIpc) is 2.77.